The van der Waals surface area contributed by atoms with Crippen LogP contribution in [0.5, 0.6) is 0 Å². The molecular weight excluding hydrogens is 364 g/mol. The molecule has 3 rings (SSSR count). The molecule has 0 radical (unpaired) electrons. The number of rotatable bonds is 4. The summed E-state index contributed by atoms with van der Waals surface area (Å²) < 4.78 is 27.3. The van der Waals surface area contributed by atoms with Crippen molar-refractivity contribution in [3.8, 4) is 0 Å². The first-order chi connectivity index (χ1) is 11.8. The predicted octanol–water partition coefficient (Wildman–Crippen LogP) is 1.14. The highest BCUT2D eigenvalue weighted by Crippen LogP contribution is 2.20. The van der Waals surface area contributed by atoms with Crippen LogP contribution < -0.4 is 5.14 Å². The second kappa shape index (κ2) is 6.95. The molecule has 1 aliphatic heterocycles. The van der Waals surface area contributed by atoms with Gasteiger partial charge in [0.15, 0.2) is 6.61 Å². The first-order valence-corrected chi connectivity index (χ1v) is 9.90. The third-order valence-electron chi connectivity index (χ3n) is 3.90. The number of sulfonamides is 1. The van der Waals surface area contributed by atoms with Gasteiger partial charge >= 0.3 is 5.97 Å². The van der Waals surface area contributed by atoms with E-state index in [-0.39, 0.29) is 22.3 Å². The largest absolute Gasteiger partial charge is 0.452 e. The summed E-state index contributed by atoms with van der Waals surface area (Å²) in [6, 6.07) is 9.04. The van der Waals surface area contributed by atoms with Crippen LogP contribution in [0.2, 0.25) is 0 Å². The van der Waals surface area contributed by atoms with Crippen LogP contribution in [0, 0.1) is 0 Å². The Kier molecular flexibility index (Phi) is 4.89. The molecule has 1 amide bonds. The second-order valence-electron chi connectivity index (χ2n) is 5.61. The zero-order chi connectivity index (χ0) is 18.0. The molecule has 9 heteroatoms. The van der Waals surface area contributed by atoms with Crippen LogP contribution in [-0.4, -0.2) is 38.3 Å². The van der Waals surface area contributed by atoms with Gasteiger partial charge in [0.25, 0.3) is 5.91 Å². The number of esters is 1. The maximum Gasteiger partial charge on any atom is 0.339 e. The summed E-state index contributed by atoms with van der Waals surface area (Å²) in [7, 11) is -3.86. The number of benzene rings is 1. The Morgan fingerprint density at radius 2 is 1.96 bits per heavy atom. The van der Waals surface area contributed by atoms with Crippen molar-refractivity contribution in [3.05, 3.63) is 52.4 Å². The minimum atomic E-state index is -3.86. The van der Waals surface area contributed by atoms with E-state index in [1.807, 2.05) is 24.3 Å². The lowest BCUT2D eigenvalue weighted by atomic mass is 10.00. The zero-order valence-electron chi connectivity index (χ0n) is 13.2. The van der Waals surface area contributed by atoms with Crippen molar-refractivity contribution in [2.24, 2.45) is 5.14 Å². The van der Waals surface area contributed by atoms with Crippen LogP contribution in [0.25, 0.3) is 0 Å². The van der Waals surface area contributed by atoms with Gasteiger partial charge in [-0.2, -0.15) is 0 Å². The summed E-state index contributed by atoms with van der Waals surface area (Å²) in [5.41, 5.74) is 2.37. The molecule has 0 atom stereocenters. The SMILES string of the molecule is NS(=O)(=O)c1cc(C(=O)OCC(=O)N2CCc3ccccc3C2)cs1. The van der Waals surface area contributed by atoms with Crippen molar-refractivity contribution in [1.82, 2.24) is 4.90 Å². The Morgan fingerprint density at radius 3 is 2.64 bits per heavy atom. The molecule has 0 aliphatic carbocycles. The Bertz CT molecular complexity index is 920. The van der Waals surface area contributed by atoms with Crippen LogP contribution >= 0.6 is 11.3 Å². The number of hydrogen-bond donors (Lipinski definition) is 1. The molecule has 25 heavy (non-hydrogen) atoms. The molecule has 0 bridgehead atoms. The van der Waals surface area contributed by atoms with Gasteiger partial charge in [0.2, 0.25) is 10.0 Å². The van der Waals surface area contributed by atoms with E-state index in [4.69, 9.17) is 9.88 Å². The van der Waals surface area contributed by atoms with Gasteiger partial charge in [-0.25, -0.2) is 18.4 Å². The molecule has 1 aromatic carbocycles. The molecule has 0 spiro atoms. The van der Waals surface area contributed by atoms with E-state index in [0.717, 1.165) is 29.4 Å². The van der Waals surface area contributed by atoms with E-state index < -0.39 is 16.0 Å². The molecule has 1 aromatic heterocycles. The molecule has 2 N–H and O–H groups in total. The van der Waals surface area contributed by atoms with Gasteiger partial charge in [-0.15, -0.1) is 11.3 Å². The van der Waals surface area contributed by atoms with Crippen molar-refractivity contribution in [2.45, 2.75) is 17.2 Å². The third-order valence-corrected chi connectivity index (χ3v) is 6.29. The van der Waals surface area contributed by atoms with Gasteiger partial charge in [-0.3, -0.25) is 4.79 Å². The maximum atomic E-state index is 12.2. The molecule has 0 fully saturated rings. The number of carbonyl (C=O) groups is 2. The minimum absolute atomic E-state index is 0.0609. The Labute approximate surface area is 149 Å². The molecule has 0 unspecified atom stereocenters. The fourth-order valence-corrected chi connectivity index (χ4v) is 4.16. The van der Waals surface area contributed by atoms with Crippen molar-refractivity contribution in [1.29, 1.82) is 0 Å². The molecule has 132 valence electrons. The summed E-state index contributed by atoms with van der Waals surface area (Å²) in [5, 5.41) is 6.34. The minimum Gasteiger partial charge on any atom is -0.452 e. The maximum absolute atomic E-state index is 12.2. The average molecular weight is 380 g/mol. The predicted molar refractivity (Wildman–Crippen MR) is 91.5 cm³/mol. The number of carbonyl (C=O) groups excluding carboxylic acids is 2. The number of nitrogens with zero attached hydrogens (tertiary/aromatic N) is 1. The van der Waals surface area contributed by atoms with Crippen LogP contribution in [0.1, 0.15) is 21.5 Å². The Balaban J connectivity index is 1.57. The summed E-state index contributed by atoms with van der Waals surface area (Å²) in [6.07, 6.45) is 0.762. The van der Waals surface area contributed by atoms with Crippen LogP contribution in [-0.2, 0) is 32.5 Å². The quantitative estimate of drug-likeness (QED) is 0.801. The van der Waals surface area contributed by atoms with E-state index in [1.165, 1.54) is 10.9 Å². The van der Waals surface area contributed by atoms with E-state index in [9.17, 15) is 18.0 Å². The molecule has 2 aromatic rings. The normalized spacial score (nSPS) is 14.0. The van der Waals surface area contributed by atoms with Crippen molar-refractivity contribution < 1.29 is 22.7 Å². The lowest BCUT2D eigenvalue weighted by molar-refractivity contribution is -0.135. The summed E-state index contributed by atoms with van der Waals surface area (Å²) in [5.74, 6) is -1.04. The van der Waals surface area contributed by atoms with E-state index >= 15 is 0 Å². The van der Waals surface area contributed by atoms with Crippen molar-refractivity contribution in [2.75, 3.05) is 13.2 Å². The molecular formula is C16H16N2O5S2. The summed E-state index contributed by atoms with van der Waals surface area (Å²) in [4.78, 5) is 25.8. The monoisotopic (exact) mass is 380 g/mol. The Hall–Kier alpha value is -2.23. The van der Waals surface area contributed by atoms with Crippen LogP contribution in [0.3, 0.4) is 0 Å². The highest BCUT2D eigenvalue weighted by atomic mass is 32.2. The summed E-state index contributed by atoms with van der Waals surface area (Å²) >= 11 is 0.830. The zero-order valence-corrected chi connectivity index (χ0v) is 14.8. The number of nitrogens with two attached hydrogens (primary N) is 1. The topological polar surface area (TPSA) is 107 Å². The van der Waals surface area contributed by atoms with Gasteiger partial charge < -0.3 is 9.64 Å². The number of hydrogen-bond acceptors (Lipinski definition) is 6. The summed E-state index contributed by atoms with van der Waals surface area (Å²) in [6.45, 7) is 0.670. The van der Waals surface area contributed by atoms with Crippen LogP contribution in [0.15, 0.2) is 39.9 Å². The van der Waals surface area contributed by atoms with Gasteiger partial charge in [0.1, 0.15) is 4.21 Å². The third kappa shape index (κ3) is 4.06. The standard InChI is InChI=1S/C16H16N2O5S2/c17-25(21,22)15-7-13(10-24-15)16(20)23-9-14(19)18-6-5-11-3-1-2-4-12(11)8-18/h1-4,7,10H,5-6,8-9H2,(H2,17,21,22). The molecule has 1 aliphatic rings. The highest BCUT2D eigenvalue weighted by molar-refractivity contribution is 7.91. The number of amides is 1. The van der Waals surface area contributed by atoms with Gasteiger partial charge in [0.05, 0.1) is 5.56 Å². The van der Waals surface area contributed by atoms with E-state index in [1.54, 1.807) is 4.90 Å². The number of fused-ring (bicyclic) bond motifs is 1. The smallest absolute Gasteiger partial charge is 0.339 e. The van der Waals surface area contributed by atoms with E-state index in [2.05, 4.69) is 0 Å². The lowest BCUT2D eigenvalue weighted by Crippen LogP contribution is -2.38. The fraction of sp³-hybridized carbons (Fsp3) is 0.250. The van der Waals surface area contributed by atoms with Crippen LogP contribution in [0.4, 0.5) is 0 Å². The van der Waals surface area contributed by atoms with Gasteiger partial charge in [-0.05, 0) is 23.6 Å². The van der Waals surface area contributed by atoms with Crippen molar-refractivity contribution >= 4 is 33.2 Å². The molecule has 7 nitrogen and oxygen atoms in total. The van der Waals surface area contributed by atoms with Crippen molar-refractivity contribution in [3.63, 3.8) is 0 Å². The second-order valence-corrected chi connectivity index (χ2v) is 8.31. The number of thiophene rings is 1. The first-order valence-electron chi connectivity index (χ1n) is 7.47. The lowest BCUT2D eigenvalue weighted by Gasteiger charge is -2.28. The fourth-order valence-electron chi connectivity index (χ4n) is 2.58. The van der Waals surface area contributed by atoms with Gasteiger partial charge in [-0.1, -0.05) is 24.3 Å². The highest BCUT2D eigenvalue weighted by Gasteiger charge is 2.22. The number of primary sulfonamides is 1. The van der Waals surface area contributed by atoms with Gasteiger partial charge in [0, 0.05) is 18.5 Å². The molecule has 0 saturated heterocycles. The molecule has 0 saturated carbocycles. The van der Waals surface area contributed by atoms with E-state index in [0.29, 0.717) is 13.1 Å². The first kappa shape index (κ1) is 17.6. The average Bonchev–Trinajstić information content (AvgIpc) is 3.09. The Morgan fingerprint density at radius 1 is 1.24 bits per heavy atom. The number of ether oxygens (including phenoxy) is 1. The molecule has 2 heterocycles.